The van der Waals surface area contributed by atoms with Crippen molar-refractivity contribution in [1.29, 1.82) is 0 Å². The summed E-state index contributed by atoms with van der Waals surface area (Å²) in [6.07, 6.45) is 2.05. The van der Waals surface area contributed by atoms with E-state index in [4.69, 9.17) is 10.5 Å². The van der Waals surface area contributed by atoms with Crippen LogP contribution in [0.1, 0.15) is 24.8 Å². The third-order valence-electron chi connectivity index (χ3n) is 5.18. The normalized spacial score (nSPS) is 11.4. The van der Waals surface area contributed by atoms with Gasteiger partial charge in [-0.1, -0.05) is 42.0 Å². The average molecular weight is 461 g/mol. The monoisotopic (exact) mass is 460 g/mol. The van der Waals surface area contributed by atoms with Gasteiger partial charge in [-0.2, -0.15) is 0 Å². The first-order valence-electron chi connectivity index (χ1n) is 11.5. The number of carbonyl (C=O) groups excluding carboxylic acids is 2. The molecule has 1 atom stereocenters. The fourth-order valence-electron chi connectivity index (χ4n) is 3.35. The lowest BCUT2D eigenvalue weighted by molar-refractivity contribution is -0.125. The molecular formula is C27H32N4O3. The lowest BCUT2D eigenvalue weighted by Gasteiger charge is -2.19. The minimum Gasteiger partial charge on any atom is -0.457 e. The highest BCUT2D eigenvalue weighted by Gasteiger charge is 2.20. The van der Waals surface area contributed by atoms with E-state index in [-0.39, 0.29) is 18.4 Å². The number of hydrogen-bond donors (Lipinski definition) is 4. The number of carbonyl (C=O) groups is 2. The maximum absolute atomic E-state index is 12.8. The lowest BCUT2D eigenvalue weighted by atomic mass is 10.1. The maximum Gasteiger partial charge on any atom is 0.246 e. The van der Waals surface area contributed by atoms with Gasteiger partial charge >= 0.3 is 0 Å². The molecule has 178 valence electrons. The number of para-hydroxylation sites is 1. The molecule has 3 aromatic rings. The average Bonchev–Trinajstić information content (AvgIpc) is 2.84. The number of amides is 2. The van der Waals surface area contributed by atoms with Crippen LogP contribution in [0.2, 0.25) is 0 Å². The molecule has 3 aromatic carbocycles. The van der Waals surface area contributed by atoms with Gasteiger partial charge in [0.1, 0.15) is 17.5 Å². The van der Waals surface area contributed by atoms with Crippen LogP contribution in [0.15, 0.2) is 78.9 Å². The molecule has 0 spiro atoms. The number of nitrogens with two attached hydrogens (primary N) is 1. The van der Waals surface area contributed by atoms with E-state index in [1.165, 1.54) is 0 Å². The molecular weight excluding hydrogens is 428 g/mol. The van der Waals surface area contributed by atoms with Gasteiger partial charge in [0.25, 0.3) is 0 Å². The molecule has 3 rings (SSSR count). The summed E-state index contributed by atoms with van der Waals surface area (Å²) in [5, 5.41) is 8.82. The van der Waals surface area contributed by atoms with Gasteiger partial charge in [0.05, 0.1) is 6.54 Å². The van der Waals surface area contributed by atoms with Crippen molar-refractivity contribution < 1.29 is 14.3 Å². The Morgan fingerprint density at radius 3 is 2.35 bits per heavy atom. The predicted molar refractivity (Wildman–Crippen MR) is 136 cm³/mol. The van der Waals surface area contributed by atoms with E-state index in [0.717, 1.165) is 29.8 Å². The third-order valence-corrected chi connectivity index (χ3v) is 5.18. The third kappa shape index (κ3) is 8.26. The molecule has 0 saturated carbocycles. The molecule has 34 heavy (non-hydrogen) atoms. The Hall–Kier alpha value is -3.84. The number of rotatable bonds is 12. The fraction of sp³-hybridized carbons (Fsp3) is 0.259. The Labute approximate surface area is 200 Å². The van der Waals surface area contributed by atoms with E-state index in [0.29, 0.717) is 24.4 Å². The Morgan fingerprint density at radius 1 is 0.882 bits per heavy atom. The molecule has 0 radical (unpaired) electrons. The Bertz CT molecular complexity index is 1050. The Morgan fingerprint density at radius 2 is 1.62 bits per heavy atom. The number of aryl methyl sites for hydroxylation is 1. The Balaban J connectivity index is 1.55. The van der Waals surface area contributed by atoms with Crippen molar-refractivity contribution in [2.75, 3.05) is 23.7 Å². The second kappa shape index (κ2) is 13.0. The summed E-state index contributed by atoms with van der Waals surface area (Å²) in [7, 11) is 0. The molecule has 0 aliphatic heterocycles. The molecule has 0 aromatic heterocycles. The number of unbranched alkanes of at least 4 members (excludes halogenated alkanes) is 1. The highest BCUT2D eigenvalue weighted by molar-refractivity contribution is 5.97. The van der Waals surface area contributed by atoms with Gasteiger partial charge in [-0.15, -0.1) is 0 Å². The second-order valence-electron chi connectivity index (χ2n) is 8.06. The smallest absolute Gasteiger partial charge is 0.246 e. The van der Waals surface area contributed by atoms with Crippen LogP contribution in [-0.2, 0) is 9.59 Å². The van der Waals surface area contributed by atoms with Crippen LogP contribution in [-0.4, -0.2) is 30.9 Å². The van der Waals surface area contributed by atoms with Crippen LogP contribution in [0, 0.1) is 6.92 Å². The standard InChI is InChI=1S/C27H32N4O3/c1-20-13-15-21(16-14-20)30-27(33)25(12-5-6-17-28)31-26(32)19-29-22-8-7-11-24(18-22)34-23-9-3-2-4-10-23/h2-4,7-11,13-16,18,25,29H,5-6,12,17,19,28H2,1H3,(H,30,33)(H,31,32). The van der Waals surface area contributed by atoms with E-state index < -0.39 is 6.04 Å². The summed E-state index contributed by atoms with van der Waals surface area (Å²) in [4.78, 5) is 25.5. The minimum absolute atomic E-state index is 0.0278. The van der Waals surface area contributed by atoms with Crippen LogP contribution in [0.3, 0.4) is 0 Å². The lowest BCUT2D eigenvalue weighted by Crippen LogP contribution is -2.45. The highest BCUT2D eigenvalue weighted by atomic mass is 16.5. The molecule has 7 nitrogen and oxygen atoms in total. The molecule has 7 heteroatoms. The van der Waals surface area contributed by atoms with Crippen molar-refractivity contribution in [3.63, 3.8) is 0 Å². The summed E-state index contributed by atoms with van der Waals surface area (Å²) in [5.74, 6) is 0.879. The van der Waals surface area contributed by atoms with E-state index >= 15 is 0 Å². The van der Waals surface area contributed by atoms with Crippen molar-refractivity contribution in [1.82, 2.24) is 5.32 Å². The molecule has 5 N–H and O–H groups in total. The minimum atomic E-state index is -0.644. The number of hydrogen-bond acceptors (Lipinski definition) is 5. The van der Waals surface area contributed by atoms with Crippen LogP contribution in [0.4, 0.5) is 11.4 Å². The second-order valence-corrected chi connectivity index (χ2v) is 8.06. The summed E-state index contributed by atoms with van der Waals surface area (Å²) in [5.41, 5.74) is 8.14. The first-order chi connectivity index (χ1) is 16.5. The number of ether oxygens (including phenoxy) is 1. The largest absolute Gasteiger partial charge is 0.457 e. The van der Waals surface area contributed by atoms with Gasteiger partial charge in [-0.3, -0.25) is 9.59 Å². The zero-order valence-corrected chi connectivity index (χ0v) is 19.4. The summed E-state index contributed by atoms with van der Waals surface area (Å²) < 4.78 is 5.84. The van der Waals surface area contributed by atoms with Gasteiger partial charge in [0, 0.05) is 17.4 Å². The Kier molecular flexibility index (Phi) is 9.49. The van der Waals surface area contributed by atoms with E-state index in [9.17, 15) is 9.59 Å². The van der Waals surface area contributed by atoms with Crippen molar-refractivity contribution in [2.45, 2.75) is 32.2 Å². The van der Waals surface area contributed by atoms with Gasteiger partial charge in [-0.25, -0.2) is 0 Å². The molecule has 0 heterocycles. The van der Waals surface area contributed by atoms with E-state index in [1.807, 2.05) is 85.8 Å². The van der Waals surface area contributed by atoms with Gasteiger partial charge < -0.3 is 26.4 Å². The quantitative estimate of drug-likeness (QED) is 0.299. The van der Waals surface area contributed by atoms with Crippen molar-refractivity contribution in [2.24, 2.45) is 5.73 Å². The number of anilines is 2. The maximum atomic E-state index is 12.8. The number of nitrogens with one attached hydrogen (secondary N) is 3. The van der Waals surface area contributed by atoms with Crippen LogP contribution < -0.4 is 26.4 Å². The SMILES string of the molecule is Cc1ccc(NC(=O)C(CCCCN)NC(=O)CNc2cccc(Oc3ccccc3)c2)cc1. The molecule has 0 fully saturated rings. The van der Waals surface area contributed by atoms with Crippen LogP contribution >= 0.6 is 0 Å². The van der Waals surface area contributed by atoms with Crippen molar-refractivity contribution >= 4 is 23.2 Å². The zero-order chi connectivity index (χ0) is 24.2. The van der Waals surface area contributed by atoms with Gasteiger partial charge in [-0.05, 0) is 69.1 Å². The number of benzene rings is 3. The van der Waals surface area contributed by atoms with Gasteiger partial charge in [0.2, 0.25) is 11.8 Å². The van der Waals surface area contributed by atoms with Crippen LogP contribution in [0.5, 0.6) is 11.5 Å². The van der Waals surface area contributed by atoms with Crippen molar-refractivity contribution in [3.05, 3.63) is 84.4 Å². The van der Waals surface area contributed by atoms with E-state index in [2.05, 4.69) is 16.0 Å². The summed E-state index contributed by atoms with van der Waals surface area (Å²) >= 11 is 0. The van der Waals surface area contributed by atoms with E-state index in [1.54, 1.807) is 0 Å². The fourth-order valence-corrected chi connectivity index (χ4v) is 3.35. The predicted octanol–water partition coefficient (Wildman–Crippen LogP) is 4.45. The van der Waals surface area contributed by atoms with Gasteiger partial charge in [0.15, 0.2) is 0 Å². The molecule has 2 amide bonds. The molecule has 0 saturated heterocycles. The highest BCUT2D eigenvalue weighted by Crippen LogP contribution is 2.23. The first kappa shape index (κ1) is 24.8. The first-order valence-corrected chi connectivity index (χ1v) is 11.5. The summed E-state index contributed by atoms with van der Waals surface area (Å²) in [6, 6.07) is 23.8. The molecule has 0 bridgehead atoms. The zero-order valence-electron chi connectivity index (χ0n) is 19.4. The molecule has 1 unspecified atom stereocenters. The molecule has 0 aliphatic rings. The summed E-state index contributed by atoms with van der Waals surface area (Å²) in [6.45, 7) is 2.56. The van der Waals surface area contributed by atoms with Crippen molar-refractivity contribution in [3.8, 4) is 11.5 Å². The molecule has 0 aliphatic carbocycles. The van der Waals surface area contributed by atoms with Crippen LogP contribution in [0.25, 0.3) is 0 Å². The topological polar surface area (TPSA) is 105 Å².